The lowest BCUT2D eigenvalue weighted by atomic mass is 10.2. The minimum absolute atomic E-state index is 0.0174. The number of carbonyl (C=O) groups excluding carboxylic acids is 1. The van der Waals surface area contributed by atoms with Gasteiger partial charge in [0.1, 0.15) is 5.82 Å². The van der Waals surface area contributed by atoms with Crippen molar-refractivity contribution in [3.05, 3.63) is 34.1 Å². The van der Waals surface area contributed by atoms with Crippen molar-refractivity contribution >= 4 is 21.8 Å². The summed E-state index contributed by atoms with van der Waals surface area (Å²) < 4.78 is 19.3. The number of hydrogen-bond donors (Lipinski definition) is 0. The lowest BCUT2D eigenvalue weighted by Gasteiger charge is -2.22. The molecule has 1 aromatic carbocycles. The largest absolute Gasteiger partial charge is 0.377 e. The summed E-state index contributed by atoms with van der Waals surface area (Å²) in [5.74, 6) is -0.556. The van der Waals surface area contributed by atoms with Gasteiger partial charge in [-0.2, -0.15) is 0 Å². The van der Waals surface area contributed by atoms with Crippen LogP contribution >= 0.6 is 15.9 Å². The number of benzene rings is 1. The molecule has 2 rings (SSSR count). The third-order valence-electron chi connectivity index (χ3n) is 2.90. The van der Waals surface area contributed by atoms with Crippen LogP contribution in [0.15, 0.2) is 22.7 Å². The van der Waals surface area contributed by atoms with Crippen molar-refractivity contribution in [1.82, 2.24) is 4.90 Å². The molecule has 1 saturated heterocycles. The van der Waals surface area contributed by atoms with E-state index in [9.17, 15) is 9.18 Å². The Bertz CT molecular complexity index is 453. The summed E-state index contributed by atoms with van der Waals surface area (Å²) in [6.07, 6.45) is 0.826. The van der Waals surface area contributed by atoms with Gasteiger partial charge in [0, 0.05) is 24.2 Å². The van der Waals surface area contributed by atoms with E-state index in [0.717, 1.165) is 6.42 Å². The van der Waals surface area contributed by atoms with Gasteiger partial charge in [-0.25, -0.2) is 4.39 Å². The number of amides is 1. The van der Waals surface area contributed by atoms with Crippen LogP contribution in [-0.2, 0) is 4.74 Å². The van der Waals surface area contributed by atoms with Crippen molar-refractivity contribution in [1.29, 1.82) is 0 Å². The minimum atomic E-state index is -0.402. The van der Waals surface area contributed by atoms with Gasteiger partial charge in [-0.05, 0) is 47.5 Å². The van der Waals surface area contributed by atoms with Crippen LogP contribution in [0.5, 0.6) is 0 Å². The number of ether oxygens (including phenoxy) is 1. The van der Waals surface area contributed by atoms with E-state index in [0.29, 0.717) is 29.7 Å². The molecule has 0 N–H and O–H groups in total. The van der Waals surface area contributed by atoms with Gasteiger partial charge < -0.3 is 9.64 Å². The van der Waals surface area contributed by atoms with Crippen molar-refractivity contribution in [2.24, 2.45) is 0 Å². The van der Waals surface area contributed by atoms with Crippen LogP contribution in [0.1, 0.15) is 23.7 Å². The second kappa shape index (κ2) is 5.80. The standard InChI is InChI=1S/C13H15BrFNO2/c1-9-8-16(5-2-6-18-9)13(17)11-7-10(15)3-4-12(11)14/h3-4,7,9H,2,5-6,8H2,1H3. The summed E-state index contributed by atoms with van der Waals surface area (Å²) in [5, 5.41) is 0. The molecule has 1 aromatic rings. The van der Waals surface area contributed by atoms with Crippen LogP contribution in [-0.4, -0.2) is 36.6 Å². The zero-order valence-corrected chi connectivity index (χ0v) is 11.7. The number of rotatable bonds is 1. The molecular weight excluding hydrogens is 301 g/mol. The van der Waals surface area contributed by atoms with E-state index in [1.165, 1.54) is 12.1 Å². The molecule has 3 nitrogen and oxygen atoms in total. The lowest BCUT2D eigenvalue weighted by molar-refractivity contribution is 0.0562. The fourth-order valence-electron chi connectivity index (χ4n) is 2.01. The summed E-state index contributed by atoms with van der Waals surface area (Å²) in [4.78, 5) is 14.1. The third kappa shape index (κ3) is 3.09. The Balaban J connectivity index is 2.21. The number of halogens is 2. The van der Waals surface area contributed by atoms with Gasteiger partial charge in [0.15, 0.2) is 0 Å². The fraction of sp³-hybridized carbons (Fsp3) is 0.462. The molecule has 0 aromatic heterocycles. The van der Waals surface area contributed by atoms with E-state index < -0.39 is 5.82 Å². The zero-order chi connectivity index (χ0) is 13.1. The van der Waals surface area contributed by atoms with Crippen molar-refractivity contribution in [2.45, 2.75) is 19.4 Å². The highest BCUT2D eigenvalue weighted by Crippen LogP contribution is 2.20. The molecule has 1 unspecified atom stereocenters. The fourth-order valence-corrected chi connectivity index (χ4v) is 2.43. The second-order valence-electron chi connectivity index (χ2n) is 4.41. The van der Waals surface area contributed by atoms with E-state index in [-0.39, 0.29) is 12.0 Å². The summed E-state index contributed by atoms with van der Waals surface area (Å²) >= 11 is 3.29. The first-order valence-corrected chi connectivity index (χ1v) is 6.73. The summed E-state index contributed by atoms with van der Waals surface area (Å²) in [6.45, 7) is 3.79. The van der Waals surface area contributed by atoms with Gasteiger partial charge in [0.2, 0.25) is 0 Å². The average Bonchev–Trinajstić information content (AvgIpc) is 2.56. The first-order chi connectivity index (χ1) is 8.58. The molecule has 0 saturated carbocycles. The zero-order valence-electron chi connectivity index (χ0n) is 10.2. The summed E-state index contributed by atoms with van der Waals surface area (Å²) in [5.41, 5.74) is 0.365. The predicted molar refractivity (Wildman–Crippen MR) is 70.0 cm³/mol. The quantitative estimate of drug-likeness (QED) is 0.797. The van der Waals surface area contributed by atoms with Crippen molar-refractivity contribution in [3.63, 3.8) is 0 Å². The van der Waals surface area contributed by atoms with Crippen LogP contribution in [0, 0.1) is 5.82 Å². The Labute approximate surface area is 114 Å². The second-order valence-corrected chi connectivity index (χ2v) is 5.26. The first kappa shape index (κ1) is 13.5. The van der Waals surface area contributed by atoms with Crippen LogP contribution < -0.4 is 0 Å². The third-order valence-corrected chi connectivity index (χ3v) is 3.59. The molecule has 98 valence electrons. The molecule has 1 aliphatic heterocycles. The van der Waals surface area contributed by atoms with Gasteiger partial charge in [-0.3, -0.25) is 4.79 Å². The molecule has 1 aliphatic rings. The molecule has 1 heterocycles. The van der Waals surface area contributed by atoms with Crippen molar-refractivity contribution in [3.8, 4) is 0 Å². The summed E-state index contributed by atoms with van der Waals surface area (Å²) in [7, 11) is 0. The van der Waals surface area contributed by atoms with E-state index in [1.807, 2.05) is 6.92 Å². The topological polar surface area (TPSA) is 29.5 Å². The van der Waals surface area contributed by atoms with Gasteiger partial charge in [-0.1, -0.05) is 0 Å². The maximum absolute atomic E-state index is 13.2. The highest BCUT2D eigenvalue weighted by Gasteiger charge is 2.22. The minimum Gasteiger partial charge on any atom is -0.377 e. The molecule has 1 atom stereocenters. The molecule has 0 spiro atoms. The first-order valence-electron chi connectivity index (χ1n) is 5.94. The number of carbonyl (C=O) groups is 1. The van der Waals surface area contributed by atoms with E-state index >= 15 is 0 Å². The maximum Gasteiger partial charge on any atom is 0.255 e. The van der Waals surface area contributed by atoms with Crippen molar-refractivity contribution < 1.29 is 13.9 Å². The van der Waals surface area contributed by atoms with Gasteiger partial charge in [-0.15, -0.1) is 0 Å². The van der Waals surface area contributed by atoms with E-state index in [2.05, 4.69) is 15.9 Å². The Morgan fingerprint density at radius 1 is 1.56 bits per heavy atom. The Kier molecular flexibility index (Phi) is 4.35. The van der Waals surface area contributed by atoms with Crippen LogP contribution in [0.4, 0.5) is 4.39 Å². The Hall–Kier alpha value is -0.940. The Morgan fingerprint density at radius 2 is 2.33 bits per heavy atom. The maximum atomic E-state index is 13.2. The Morgan fingerprint density at radius 3 is 3.11 bits per heavy atom. The highest BCUT2D eigenvalue weighted by molar-refractivity contribution is 9.10. The monoisotopic (exact) mass is 315 g/mol. The SMILES string of the molecule is CC1CN(C(=O)c2cc(F)ccc2Br)CCCO1. The van der Waals surface area contributed by atoms with Crippen LogP contribution in [0.2, 0.25) is 0 Å². The molecule has 0 bridgehead atoms. The van der Waals surface area contributed by atoms with Gasteiger partial charge in [0.05, 0.1) is 11.7 Å². The van der Waals surface area contributed by atoms with E-state index in [4.69, 9.17) is 4.74 Å². The summed E-state index contributed by atoms with van der Waals surface area (Å²) in [6, 6.07) is 4.15. The van der Waals surface area contributed by atoms with Crippen LogP contribution in [0.25, 0.3) is 0 Å². The van der Waals surface area contributed by atoms with Gasteiger partial charge in [0.25, 0.3) is 5.91 Å². The van der Waals surface area contributed by atoms with Crippen LogP contribution in [0.3, 0.4) is 0 Å². The lowest BCUT2D eigenvalue weighted by Crippen LogP contribution is -2.36. The molecule has 0 radical (unpaired) electrons. The normalized spacial score (nSPS) is 20.6. The highest BCUT2D eigenvalue weighted by atomic mass is 79.9. The molecule has 1 fully saturated rings. The van der Waals surface area contributed by atoms with Crippen molar-refractivity contribution in [2.75, 3.05) is 19.7 Å². The average molecular weight is 316 g/mol. The smallest absolute Gasteiger partial charge is 0.255 e. The van der Waals surface area contributed by atoms with Gasteiger partial charge >= 0.3 is 0 Å². The van der Waals surface area contributed by atoms with E-state index in [1.54, 1.807) is 11.0 Å². The molecular formula is C13H15BrFNO2. The molecule has 18 heavy (non-hydrogen) atoms. The predicted octanol–water partition coefficient (Wildman–Crippen LogP) is 2.84. The molecule has 1 amide bonds. The molecule has 0 aliphatic carbocycles. The molecule has 5 heteroatoms. The number of hydrogen-bond acceptors (Lipinski definition) is 2. The number of nitrogens with zero attached hydrogens (tertiary/aromatic N) is 1.